The molecule has 9 N–H and O–H groups in total. The average Bonchev–Trinajstić information content (AvgIpc) is 2.92. The maximum atomic E-state index is 11.6. The van der Waals surface area contributed by atoms with E-state index in [1.807, 2.05) is 0 Å². The maximum absolute atomic E-state index is 11.6. The molecular formula is C30H26O11. The van der Waals surface area contributed by atoms with Gasteiger partial charge in [0.1, 0.15) is 41.0 Å². The van der Waals surface area contributed by atoms with Gasteiger partial charge in [-0.25, -0.2) is 0 Å². The van der Waals surface area contributed by atoms with Crippen LogP contribution in [0.5, 0.6) is 51.7 Å². The minimum atomic E-state index is -1.44. The molecule has 11 nitrogen and oxygen atoms in total. The Hall–Kier alpha value is -5.00. The summed E-state index contributed by atoms with van der Waals surface area (Å²) >= 11 is 0. The predicted molar refractivity (Wildman–Crippen MR) is 142 cm³/mol. The predicted octanol–water partition coefficient (Wildman–Crippen LogP) is 3.29. The highest BCUT2D eigenvalue weighted by Crippen LogP contribution is 2.56. The molecule has 41 heavy (non-hydrogen) atoms. The molecule has 212 valence electrons. The van der Waals surface area contributed by atoms with Gasteiger partial charge in [0.05, 0.1) is 6.10 Å². The largest absolute Gasteiger partial charge is 0.508 e. The van der Waals surface area contributed by atoms with E-state index in [0.29, 0.717) is 11.1 Å². The summed E-state index contributed by atoms with van der Waals surface area (Å²) in [5.74, 6) is -3.36. The molecule has 4 aromatic rings. The van der Waals surface area contributed by atoms with Crippen LogP contribution in [0.1, 0.15) is 45.9 Å². The standard InChI is InChI=1S/C30H26O11/c31-14-3-4-15(19(34)9-14)25-26-22(37)11-24-16(10-23(38)28(40-24)12-1-5-17(32)20(35)7-12)30(26)41-29(27(25)39)13-2-6-18(33)21(36)8-13/h1-9,11,23,25,27-29,31-39H,10H2. The number of hydrogen-bond acceptors (Lipinski definition) is 11. The molecule has 2 heterocycles. The van der Waals surface area contributed by atoms with E-state index in [0.717, 1.165) is 6.07 Å². The zero-order chi connectivity index (χ0) is 29.2. The van der Waals surface area contributed by atoms with Crippen LogP contribution < -0.4 is 9.47 Å². The van der Waals surface area contributed by atoms with Crippen molar-refractivity contribution in [3.8, 4) is 51.7 Å². The van der Waals surface area contributed by atoms with E-state index >= 15 is 0 Å². The molecule has 11 heteroatoms. The number of aliphatic hydroxyl groups excluding tert-OH is 2. The van der Waals surface area contributed by atoms with Gasteiger partial charge in [-0.15, -0.1) is 0 Å². The minimum Gasteiger partial charge on any atom is -0.508 e. The molecule has 0 spiro atoms. The third kappa shape index (κ3) is 4.31. The van der Waals surface area contributed by atoms with Gasteiger partial charge in [-0.05, 0) is 41.5 Å². The summed E-state index contributed by atoms with van der Waals surface area (Å²) in [6.45, 7) is 0. The van der Waals surface area contributed by atoms with Gasteiger partial charge in [0, 0.05) is 41.2 Å². The average molecular weight is 563 g/mol. The van der Waals surface area contributed by atoms with Crippen LogP contribution in [0.15, 0.2) is 60.7 Å². The molecular weight excluding hydrogens is 536 g/mol. The fourth-order valence-electron chi connectivity index (χ4n) is 5.61. The minimum absolute atomic E-state index is 0.0395. The Morgan fingerprint density at radius 1 is 0.585 bits per heavy atom. The fraction of sp³-hybridized carbons (Fsp3) is 0.200. The maximum Gasteiger partial charge on any atom is 0.157 e. The number of aliphatic hydroxyl groups is 2. The van der Waals surface area contributed by atoms with E-state index in [2.05, 4.69) is 0 Å². The molecule has 0 amide bonds. The van der Waals surface area contributed by atoms with E-state index in [4.69, 9.17) is 9.47 Å². The topological polar surface area (TPSA) is 201 Å². The van der Waals surface area contributed by atoms with Crippen molar-refractivity contribution in [2.45, 2.75) is 36.8 Å². The Balaban J connectivity index is 1.51. The first-order chi connectivity index (χ1) is 19.5. The van der Waals surface area contributed by atoms with E-state index in [1.165, 1.54) is 54.6 Å². The van der Waals surface area contributed by atoms with Crippen molar-refractivity contribution < 1.29 is 55.4 Å². The van der Waals surface area contributed by atoms with Crippen molar-refractivity contribution in [1.29, 1.82) is 0 Å². The molecule has 2 aliphatic heterocycles. The van der Waals surface area contributed by atoms with Gasteiger partial charge in [0.25, 0.3) is 0 Å². The molecule has 0 aromatic heterocycles. The van der Waals surface area contributed by atoms with Crippen LogP contribution in [0.2, 0.25) is 0 Å². The lowest BCUT2D eigenvalue weighted by Gasteiger charge is -2.41. The molecule has 5 unspecified atom stereocenters. The van der Waals surface area contributed by atoms with Crippen LogP contribution in [0.3, 0.4) is 0 Å². The number of fused-ring (bicyclic) bond motifs is 3. The summed E-state index contributed by atoms with van der Waals surface area (Å²) in [6, 6.07) is 13.0. The highest BCUT2D eigenvalue weighted by atomic mass is 16.5. The van der Waals surface area contributed by atoms with Gasteiger partial charge in [-0.2, -0.15) is 0 Å². The van der Waals surface area contributed by atoms with Crippen LogP contribution in [-0.2, 0) is 6.42 Å². The summed E-state index contributed by atoms with van der Waals surface area (Å²) < 4.78 is 12.3. The van der Waals surface area contributed by atoms with Crippen molar-refractivity contribution in [3.63, 3.8) is 0 Å². The summed E-state index contributed by atoms with van der Waals surface area (Å²) in [7, 11) is 0. The van der Waals surface area contributed by atoms with Gasteiger partial charge < -0.3 is 55.4 Å². The van der Waals surface area contributed by atoms with E-state index in [1.54, 1.807) is 0 Å². The first-order valence-corrected chi connectivity index (χ1v) is 12.7. The number of rotatable bonds is 3. The zero-order valence-electron chi connectivity index (χ0n) is 21.2. The molecule has 0 bridgehead atoms. The summed E-state index contributed by atoms with van der Waals surface area (Å²) in [5.41, 5.74) is 1.27. The van der Waals surface area contributed by atoms with E-state index in [-0.39, 0.29) is 63.4 Å². The molecule has 0 saturated carbocycles. The van der Waals surface area contributed by atoms with Crippen molar-refractivity contribution in [2.75, 3.05) is 0 Å². The normalized spacial score (nSPS) is 23.1. The molecule has 0 fully saturated rings. The van der Waals surface area contributed by atoms with Crippen LogP contribution >= 0.6 is 0 Å². The van der Waals surface area contributed by atoms with Gasteiger partial charge in [0.2, 0.25) is 0 Å². The number of phenolic OH excluding ortho intramolecular Hbond substituents is 7. The molecule has 4 aromatic carbocycles. The number of hydrogen-bond donors (Lipinski definition) is 9. The third-order valence-corrected chi connectivity index (χ3v) is 7.59. The second-order valence-corrected chi connectivity index (χ2v) is 10.2. The van der Waals surface area contributed by atoms with Gasteiger partial charge in [-0.3, -0.25) is 0 Å². The molecule has 6 rings (SSSR count). The van der Waals surface area contributed by atoms with Crippen molar-refractivity contribution in [3.05, 3.63) is 88.5 Å². The van der Waals surface area contributed by atoms with Crippen molar-refractivity contribution >= 4 is 0 Å². The number of aromatic hydroxyl groups is 7. The summed E-state index contributed by atoms with van der Waals surface area (Å²) in [6.07, 6.45) is -4.79. The Morgan fingerprint density at radius 2 is 1.22 bits per heavy atom. The molecule has 5 atom stereocenters. The van der Waals surface area contributed by atoms with Crippen LogP contribution in [0.4, 0.5) is 0 Å². The fourth-order valence-corrected chi connectivity index (χ4v) is 5.61. The Morgan fingerprint density at radius 3 is 1.83 bits per heavy atom. The second kappa shape index (κ2) is 9.58. The zero-order valence-corrected chi connectivity index (χ0v) is 21.2. The highest BCUT2D eigenvalue weighted by molar-refractivity contribution is 5.64. The lowest BCUT2D eigenvalue weighted by molar-refractivity contribution is -0.00190. The molecule has 0 radical (unpaired) electrons. The second-order valence-electron chi connectivity index (χ2n) is 10.2. The first-order valence-electron chi connectivity index (χ1n) is 12.7. The molecule has 2 aliphatic rings. The summed E-state index contributed by atoms with van der Waals surface area (Å²) in [5, 5.41) is 94.1. The van der Waals surface area contributed by atoms with Crippen LogP contribution in [-0.4, -0.2) is 58.2 Å². The van der Waals surface area contributed by atoms with Gasteiger partial charge in [-0.1, -0.05) is 18.2 Å². The number of benzene rings is 4. The van der Waals surface area contributed by atoms with E-state index < -0.39 is 41.8 Å². The van der Waals surface area contributed by atoms with Gasteiger partial charge >= 0.3 is 0 Å². The van der Waals surface area contributed by atoms with Crippen LogP contribution in [0, 0.1) is 0 Å². The smallest absolute Gasteiger partial charge is 0.157 e. The SMILES string of the molecule is Oc1ccc(C2c3c(O)cc4c(c3OC(c3ccc(O)c(O)c3)C2O)CC(O)C(c2ccc(O)c(O)c2)O4)c(O)c1. The third-order valence-electron chi connectivity index (χ3n) is 7.59. The lowest BCUT2D eigenvalue weighted by Crippen LogP contribution is -2.37. The monoisotopic (exact) mass is 562 g/mol. The summed E-state index contributed by atoms with van der Waals surface area (Å²) in [4.78, 5) is 0. The van der Waals surface area contributed by atoms with Gasteiger partial charge in [0.15, 0.2) is 29.1 Å². The van der Waals surface area contributed by atoms with Crippen LogP contribution in [0.25, 0.3) is 0 Å². The highest BCUT2D eigenvalue weighted by Gasteiger charge is 2.45. The van der Waals surface area contributed by atoms with E-state index in [9.17, 15) is 46.0 Å². The number of phenols is 7. The van der Waals surface area contributed by atoms with Crippen molar-refractivity contribution in [1.82, 2.24) is 0 Å². The lowest BCUT2D eigenvalue weighted by atomic mass is 9.77. The molecule has 0 aliphatic carbocycles. The quantitative estimate of drug-likeness (QED) is 0.166. The van der Waals surface area contributed by atoms with Crippen molar-refractivity contribution in [2.24, 2.45) is 0 Å². The Bertz CT molecular complexity index is 1670. The number of ether oxygens (including phenoxy) is 2. The Labute approximate surface area is 232 Å². The molecule has 0 saturated heterocycles. The first kappa shape index (κ1) is 26.2. The Kier molecular flexibility index (Phi) is 6.13.